The Hall–Kier alpha value is -0.0200. The molecule has 1 aromatic heterocycles. The summed E-state index contributed by atoms with van der Waals surface area (Å²) in [6.45, 7) is 7.55. The van der Waals surface area contributed by atoms with Gasteiger partial charge in [0.2, 0.25) is 0 Å². The number of nitrogens with zero attached hydrogens (tertiary/aromatic N) is 2. The maximum atomic E-state index is 6.24. The average Bonchev–Trinajstić information content (AvgIpc) is 3.18. The number of rotatable bonds is 6. The number of hydrogen-bond acceptors (Lipinski definition) is 1. The smallest absolute Gasteiger partial charge is 0.0766 e. The molecule has 1 aliphatic rings. The van der Waals surface area contributed by atoms with E-state index in [1.54, 1.807) is 0 Å². The Morgan fingerprint density at radius 1 is 1.44 bits per heavy atom. The van der Waals surface area contributed by atoms with Crippen LogP contribution in [0.3, 0.4) is 0 Å². The third kappa shape index (κ3) is 2.62. The minimum absolute atomic E-state index is 0.224. The number of alkyl halides is 1. The Morgan fingerprint density at radius 3 is 2.56 bits per heavy atom. The standard InChI is InChI=1S/C14H22BrClN2/c1-4-11-13(15)12(18(5-2)17-11)8-14(3,9-16)10-6-7-10/h10H,4-9H2,1-3H3. The van der Waals surface area contributed by atoms with Gasteiger partial charge in [0.05, 0.1) is 15.9 Å². The van der Waals surface area contributed by atoms with Gasteiger partial charge in [0.25, 0.3) is 0 Å². The summed E-state index contributed by atoms with van der Waals surface area (Å²) < 4.78 is 3.33. The number of halogens is 2. The molecule has 1 saturated carbocycles. The molecule has 0 spiro atoms. The summed E-state index contributed by atoms with van der Waals surface area (Å²) in [5, 5.41) is 4.67. The summed E-state index contributed by atoms with van der Waals surface area (Å²) in [6, 6.07) is 0. The van der Waals surface area contributed by atoms with Crippen LogP contribution in [0.2, 0.25) is 0 Å². The summed E-state index contributed by atoms with van der Waals surface area (Å²) in [6.07, 6.45) is 4.67. The second kappa shape index (κ2) is 5.54. The third-order valence-electron chi connectivity index (χ3n) is 4.13. The van der Waals surface area contributed by atoms with Crippen LogP contribution in [-0.4, -0.2) is 15.7 Å². The van der Waals surface area contributed by atoms with E-state index in [2.05, 4.69) is 46.5 Å². The minimum atomic E-state index is 0.224. The van der Waals surface area contributed by atoms with Gasteiger partial charge in [0.15, 0.2) is 0 Å². The topological polar surface area (TPSA) is 17.8 Å². The first-order valence-corrected chi connectivity index (χ1v) is 8.18. The van der Waals surface area contributed by atoms with E-state index in [1.807, 2.05) is 0 Å². The van der Waals surface area contributed by atoms with Gasteiger partial charge in [-0.25, -0.2) is 0 Å². The maximum Gasteiger partial charge on any atom is 0.0766 e. The van der Waals surface area contributed by atoms with E-state index in [0.29, 0.717) is 0 Å². The van der Waals surface area contributed by atoms with Crippen LogP contribution in [-0.2, 0) is 19.4 Å². The fraction of sp³-hybridized carbons (Fsp3) is 0.786. The van der Waals surface area contributed by atoms with Crippen LogP contribution in [0.4, 0.5) is 0 Å². The van der Waals surface area contributed by atoms with Crippen molar-refractivity contribution >= 4 is 27.5 Å². The van der Waals surface area contributed by atoms with Crippen LogP contribution in [0, 0.1) is 11.3 Å². The molecule has 1 atom stereocenters. The quantitative estimate of drug-likeness (QED) is 0.704. The normalized spacial score (nSPS) is 18.9. The molecule has 1 aromatic rings. The van der Waals surface area contributed by atoms with Crippen molar-refractivity contribution in [2.24, 2.45) is 11.3 Å². The van der Waals surface area contributed by atoms with Gasteiger partial charge in [-0.05, 0) is 59.9 Å². The molecule has 18 heavy (non-hydrogen) atoms. The Kier molecular flexibility index (Phi) is 4.43. The Balaban J connectivity index is 2.29. The van der Waals surface area contributed by atoms with E-state index in [4.69, 9.17) is 11.6 Å². The van der Waals surface area contributed by atoms with E-state index >= 15 is 0 Å². The van der Waals surface area contributed by atoms with Gasteiger partial charge in [-0.15, -0.1) is 11.6 Å². The van der Waals surface area contributed by atoms with Gasteiger partial charge in [-0.2, -0.15) is 5.10 Å². The van der Waals surface area contributed by atoms with Crippen LogP contribution < -0.4 is 0 Å². The lowest BCUT2D eigenvalue weighted by Crippen LogP contribution is -2.26. The molecule has 0 aliphatic heterocycles. The maximum absolute atomic E-state index is 6.24. The first-order chi connectivity index (χ1) is 8.55. The molecule has 0 amide bonds. The van der Waals surface area contributed by atoms with Crippen LogP contribution in [0.5, 0.6) is 0 Å². The molecule has 0 radical (unpaired) electrons. The van der Waals surface area contributed by atoms with E-state index in [1.165, 1.54) is 28.7 Å². The van der Waals surface area contributed by atoms with E-state index in [0.717, 1.165) is 31.2 Å². The molecular weight excluding hydrogens is 312 g/mol. The second-order valence-electron chi connectivity index (χ2n) is 5.62. The van der Waals surface area contributed by atoms with Gasteiger partial charge >= 0.3 is 0 Å². The molecule has 102 valence electrons. The van der Waals surface area contributed by atoms with Crippen molar-refractivity contribution in [3.8, 4) is 0 Å². The molecule has 2 nitrogen and oxygen atoms in total. The number of hydrogen-bond donors (Lipinski definition) is 0. The zero-order chi connectivity index (χ0) is 13.3. The molecule has 4 heteroatoms. The Bertz CT molecular complexity index is 426. The fourth-order valence-electron chi connectivity index (χ4n) is 2.65. The summed E-state index contributed by atoms with van der Waals surface area (Å²) >= 11 is 9.97. The van der Waals surface area contributed by atoms with Gasteiger partial charge in [-0.3, -0.25) is 4.68 Å². The summed E-state index contributed by atoms with van der Waals surface area (Å²) in [4.78, 5) is 0. The predicted octanol–water partition coefficient (Wildman–Crippen LogP) is 4.43. The van der Waals surface area contributed by atoms with Gasteiger partial charge < -0.3 is 0 Å². The van der Waals surface area contributed by atoms with Crippen LogP contribution in [0.15, 0.2) is 4.47 Å². The first-order valence-electron chi connectivity index (χ1n) is 6.85. The van der Waals surface area contributed by atoms with Crippen molar-refractivity contribution in [3.05, 3.63) is 15.9 Å². The lowest BCUT2D eigenvalue weighted by Gasteiger charge is -2.27. The molecular formula is C14H22BrClN2. The highest BCUT2D eigenvalue weighted by Crippen LogP contribution is 2.48. The Morgan fingerprint density at radius 2 is 2.11 bits per heavy atom. The largest absolute Gasteiger partial charge is 0.268 e. The molecule has 1 fully saturated rings. The molecule has 1 unspecified atom stereocenters. The zero-order valence-corrected chi connectivity index (χ0v) is 13.8. The first kappa shape index (κ1) is 14.4. The van der Waals surface area contributed by atoms with E-state index in [-0.39, 0.29) is 5.41 Å². The molecule has 1 heterocycles. The predicted molar refractivity (Wildman–Crippen MR) is 80.2 cm³/mol. The summed E-state index contributed by atoms with van der Waals surface area (Å²) in [5.74, 6) is 1.53. The second-order valence-corrected chi connectivity index (χ2v) is 6.68. The van der Waals surface area contributed by atoms with Crippen molar-refractivity contribution < 1.29 is 0 Å². The van der Waals surface area contributed by atoms with Crippen molar-refractivity contribution in [1.29, 1.82) is 0 Å². The van der Waals surface area contributed by atoms with E-state index in [9.17, 15) is 0 Å². The van der Waals surface area contributed by atoms with Gasteiger partial charge in [-0.1, -0.05) is 13.8 Å². The monoisotopic (exact) mass is 332 g/mol. The highest BCUT2D eigenvalue weighted by atomic mass is 79.9. The SMILES string of the molecule is CCc1nn(CC)c(CC(C)(CCl)C2CC2)c1Br. The molecule has 0 aromatic carbocycles. The van der Waals surface area contributed by atoms with Crippen LogP contribution in [0.25, 0.3) is 0 Å². The van der Waals surface area contributed by atoms with Gasteiger partial charge in [0.1, 0.15) is 0 Å². The van der Waals surface area contributed by atoms with E-state index < -0.39 is 0 Å². The van der Waals surface area contributed by atoms with Crippen molar-refractivity contribution in [2.75, 3.05) is 5.88 Å². The van der Waals surface area contributed by atoms with Gasteiger partial charge in [0, 0.05) is 12.4 Å². The highest BCUT2D eigenvalue weighted by molar-refractivity contribution is 9.10. The summed E-state index contributed by atoms with van der Waals surface area (Å²) in [5.41, 5.74) is 2.71. The Labute approximate surface area is 123 Å². The molecule has 1 aliphatic carbocycles. The fourth-order valence-corrected chi connectivity index (χ4v) is 3.67. The lowest BCUT2D eigenvalue weighted by atomic mass is 9.82. The molecule has 2 rings (SSSR count). The lowest BCUT2D eigenvalue weighted by molar-refractivity contribution is 0.303. The van der Waals surface area contributed by atoms with Crippen LogP contribution in [0.1, 0.15) is 45.0 Å². The minimum Gasteiger partial charge on any atom is -0.268 e. The third-order valence-corrected chi connectivity index (χ3v) is 5.66. The number of aryl methyl sites for hydroxylation is 2. The average molecular weight is 334 g/mol. The van der Waals surface area contributed by atoms with Crippen molar-refractivity contribution in [1.82, 2.24) is 9.78 Å². The molecule has 0 bridgehead atoms. The van der Waals surface area contributed by atoms with Crippen LogP contribution >= 0.6 is 27.5 Å². The molecule has 0 N–H and O–H groups in total. The summed E-state index contributed by atoms with van der Waals surface area (Å²) in [7, 11) is 0. The van der Waals surface area contributed by atoms with Crippen molar-refractivity contribution in [3.63, 3.8) is 0 Å². The van der Waals surface area contributed by atoms with Crippen molar-refractivity contribution in [2.45, 2.75) is 53.0 Å². The number of aromatic nitrogens is 2. The zero-order valence-electron chi connectivity index (χ0n) is 11.5. The highest BCUT2D eigenvalue weighted by Gasteiger charge is 2.42. The molecule has 0 saturated heterocycles.